The lowest BCUT2D eigenvalue weighted by atomic mass is 10.1. The first-order chi connectivity index (χ1) is 10.2. The number of aromatic nitrogens is 1. The molecule has 0 amide bonds. The first-order valence-corrected chi connectivity index (χ1v) is 8.16. The fraction of sp³-hybridized carbons (Fsp3) is 0.471. The Morgan fingerprint density at radius 3 is 2.52 bits per heavy atom. The third-order valence-corrected chi connectivity index (χ3v) is 4.53. The van der Waals surface area contributed by atoms with Crippen LogP contribution in [0.15, 0.2) is 30.3 Å². The second-order valence-electron chi connectivity index (χ2n) is 5.91. The SMILES string of the molecule is CC(C)N1CCN(c2nc(CCl)cc3ccccc23)CC1. The van der Waals surface area contributed by atoms with Gasteiger partial charge in [0, 0.05) is 37.6 Å². The molecular formula is C17H22ClN3. The fourth-order valence-electron chi connectivity index (χ4n) is 2.99. The van der Waals surface area contributed by atoms with Gasteiger partial charge in [0.15, 0.2) is 0 Å². The normalized spacial score (nSPS) is 16.9. The molecule has 0 bridgehead atoms. The number of benzene rings is 1. The Labute approximate surface area is 131 Å². The van der Waals surface area contributed by atoms with Crippen LogP contribution in [0.2, 0.25) is 0 Å². The van der Waals surface area contributed by atoms with Crippen LogP contribution < -0.4 is 4.90 Å². The van der Waals surface area contributed by atoms with Crippen molar-refractivity contribution in [3.63, 3.8) is 0 Å². The number of fused-ring (bicyclic) bond motifs is 1. The van der Waals surface area contributed by atoms with Crippen LogP contribution in [0, 0.1) is 0 Å². The molecule has 1 saturated heterocycles. The Balaban J connectivity index is 1.93. The van der Waals surface area contributed by atoms with Crippen LogP contribution in [-0.4, -0.2) is 42.1 Å². The van der Waals surface area contributed by atoms with Crippen molar-refractivity contribution >= 4 is 28.2 Å². The van der Waals surface area contributed by atoms with E-state index in [9.17, 15) is 0 Å². The molecule has 3 rings (SSSR count). The van der Waals surface area contributed by atoms with E-state index >= 15 is 0 Å². The Bertz CT molecular complexity index is 618. The third-order valence-electron chi connectivity index (χ3n) is 4.25. The first kappa shape index (κ1) is 14.6. The summed E-state index contributed by atoms with van der Waals surface area (Å²) < 4.78 is 0. The molecule has 112 valence electrons. The maximum Gasteiger partial charge on any atom is 0.136 e. The lowest BCUT2D eigenvalue weighted by Gasteiger charge is -2.38. The van der Waals surface area contributed by atoms with Crippen LogP contribution in [0.3, 0.4) is 0 Å². The monoisotopic (exact) mass is 303 g/mol. The summed E-state index contributed by atoms with van der Waals surface area (Å²) in [6.45, 7) is 8.77. The average Bonchev–Trinajstić information content (AvgIpc) is 2.53. The molecule has 2 aromatic rings. The summed E-state index contributed by atoms with van der Waals surface area (Å²) in [4.78, 5) is 9.71. The lowest BCUT2D eigenvalue weighted by Crippen LogP contribution is -2.49. The van der Waals surface area contributed by atoms with Gasteiger partial charge in [0.1, 0.15) is 5.82 Å². The van der Waals surface area contributed by atoms with Crippen molar-refractivity contribution in [2.24, 2.45) is 0 Å². The van der Waals surface area contributed by atoms with Gasteiger partial charge in [0.25, 0.3) is 0 Å². The van der Waals surface area contributed by atoms with Gasteiger partial charge in [-0.05, 0) is 25.3 Å². The number of halogens is 1. The molecule has 0 unspecified atom stereocenters. The molecule has 0 atom stereocenters. The number of hydrogen-bond acceptors (Lipinski definition) is 3. The van der Waals surface area contributed by atoms with E-state index in [1.165, 1.54) is 10.8 Å². The minimum atomic E-state index is 0.462. The van der Waals surface area contributed by atoms with Crippen molar-refractivity contribution in [2.45, 2.75) is 25.8 Å². The minimum Gasteiger partial charge on any atom is -0.354 e. The van der Waals surface area contributed by atoms with Gasteiger partial charge < -0.3 is 4.90 Å². The summed E-state index contributed by atoms with van der Waals surface area (Å²) in [5, 5.41) is 2.45. The van der Waals surface area contributed by atoms with Gasteiger partial charge in [-0.1, -0.05) is 24.3 Å². The number of alkyl halides is 1. The highest BCUT2D eigenvalue weighted by molar-refractivity contribution is 6.17. The second-order valence-corrected chi connectivity index (χ2v) is 6.18. The van der Waals surface area contributed by atoms with Crippen LogP contribution in [0.4, 0.5) is 5.82 Å². The first-order valence-electron chi connectivity index (χ1n) is 7.62. The number of rotatable bonds is 3. The zero-order chi connectivity index (χ0) is 14.8. The Morgan fingerprint density at radius 1 is 1.14 bits per heavy atom. The van der Waals surface area contributed by atoms with Gasteiger partial charge in [0.2, 0.25) is 0 Å². The van der Waals surface area contributed by atoms with E-state index in [4.69, 9.17) is 16.6 Å². The second kappa shape index (κ2) is 6.20. The highest BCUT2D eigenvalue weighted by Crippen LogP contribution is 2.27. The van der Waals surface area contributed by atoms with E-state index < -0.39 is 0 Å². The summed E-state index contributed by atoms with van der Waals surface area (Å²) in [5.74, 6) is 1.55. The summed E-state index contributed by atoms with van der Waals surface area (Å²) in [5.41, 5.74) is 0.955. The molecule has 1 fully saturated rings. The van der Waals surface area contributed by atoms with Gasteiger partial charge in [-0.2, -0.15) is 0 Å². The number of nitrogens with zero attached hydrogens (tertiary/aromatic N) is 3. The van der Waals surface area contributed by atoms with Gasteiger partial charge in [-0.25, -0.2) is 4.98 Å². The smallest absolute Gasteiger partial charge is 0.136 e. The lowest BCUT2D eigenvalue weighted by molar-refractivity contribution is 0.209. The molecule has 0 N–H and O–H groups in total. The topological polar surface area (TPSA) is 19.4 Å². The van der Waals surface area contributed by atoms with Crippen LogP contribution in [0.1, 0.15) is 19.5 Å². The molecule has 0 aliphatic carbocycles. The van der Waals surface area contributed by atoms with Crippen LogP contribution >= 0.6 is 11.6 Å². The van der Waals surface area contributed by atoms with Crippen molar-refractivity contribution in [3.05, 3.63) is 36.0 Å². The van der Waals surface area contributed by atoms with E-state index in [1.54, 1.807) is 0 Å². The Kier molecular flexibility index (Phi) is 4.32. The highest BCUT2D eigenvalue weighted by Gasteiger charge is 2.21. The number of hydrogen-bond donors (Lipinski definition) is 0. The Morgan fingerprint density at radius 2 is 1.86 bits per heavy atom. The zero-order valence-electron chi connectivity index (χ0n) is 12.7. The third kappa shape index (κ3) is 2.99. The van der Waals surface area contributed by atoms with Crippen LogP contribution in [0.5, 0.6) is 0 Å². The van der Waals surface area contributed by atoms with Crippen molar-refractivity contribution in [2.75, 3.05) is 31.1 Å². The maximum atomic E-state index is 6.01. The summed E-state index contributed by atoms with van der Waals surface area (Å²) in [7, 11) is 0. The Hall–Kier alpha value is -1.32. The molecule has 1 aliphatic heterocycles. The van der Waals surface area contributed by atoms with Crippen molar-refractivity contribution in [1.29, 1.82) is 0 Å². The number of pyridine rings is 1. The maximum absolute atomic E-state index is 6.01. The van der Waals surface area contributed by atoms with Gasteiger partial charge in [0.05, 0.1) is 11.6 Å². The molecule has 4 heteroatoms. The van der Waals surface area contributed by atoms with E-state index in [1.807, 2.05) is 0 Å². The van der Waals surface area contributed by atoms with Crippen LogP contribution in [-0.2, 0) is 5.88 Å². The molecule has 0 radical (unpaired) electrons. The predicted molar refractivity (Wildman–Crippen MR) is 90.2 cm³/mol. The minimum absolute atomic E-state index is 0.462. The molecule has 0 saturated carbocycles. The number of piperazine rings is 1. The molecule has 0 spiro atoms. The molecule has 1 aromatic carbocycles. The van der Waals surface area contributed by atoms with Crippen molar-refractivity contribution in [3.8, 4) is 0 Å². The van der Waals surface area contributed by atoms with Crippen LogP contribution in [0.25, 0.3) is 10.8 Å². The van der Waals surface area contributed by atoms with Crippen molar-refractivity contribution in [1.82, 2.24) is 9.88 Å². The largest absolute Gasteiger partial charge is 0.354 e. The molecule has 1 aromatic heterocycles. The predicted octanol–water partition coefficient (Wildman–Crippen LogP) is 3.50. The molecule has 2 heterocycles. The van der Waals surface area contributed by atoms with E-state index in [2.05, 4.69) is 54.0 Å². The quantitative estimate of drug-likeness (QED) is 0.809. The van der Waals surface area contributed by atoms with E-state index in [0.717, 1.165) is 37.7 Å². The molecule has 3 nitrogen and oxygen atoms in total. The molecular weight excluding hydrogens is 282 g/mol. The van der Waals surface area contributed by atoms with Gasteiger partial charge in [-0.3, -0.25) is 4.90 Å². The van der Waals surface area contributed by atoms with E-state index in [-0.39, 0.29) is 0 Å². The molecule has 21 heavy (non-hydrogen) atoms. The van der Waals surface area contributed by atoms with Gasteiger partial charge in [-0.15, -0.1) is 11.6 Å². The number of anilines is 1. The van der Waals surface area contributed by atoms with Crippen molar-refractivity contribution < 1.29 is 0 Å². The average molecular weight is 304 g/mol. The highest BCUT2D eigenvalue weighted by atomic mass is 35.5. The fourth-order valence-corrected chi connectivity index (χ4v) is 3.13. The summed E-state index contributed by atoms with van der Waals surface area (Å²) in [6, 6.07) is 11.2. The van der Waals surface area contributed by atoms with Gasteiger partial charge >= 0.3 is 0 Å². The standard InChI is InChI=1S/C17H22ClN3/c1-13(2)20-7-9-21(10-8-20)17-16-6-4-3-5-14(16)11-15(12-18)19-17/h3-6,11,13H,7-10,12H2,1-2H3. The molecule has 1 aliphatic rings. The van der Waals surface area contributed by atoms with E-state index in [0.29, 0.717) is 11.9 Å². The summed E-state index contributed by atoms with van der Waals surface area (Å²) >= 11 is 6.01. The summed E-state index contributed by atoms with van der Waals surface area (Å²) in [6.07, 6.45) is 0. The zero-order valence-corrected chi connectivity index (χ0v) is 13.5.